The second-order valence-electron chi connectivity index (χ2n) is 5.26. The zero-order chi connectivity index (χ0) is 15.0. The molecule has 1 aromatic rings. The fourth-order valence-corrected chi connectivity index (χ4v) is 2.58. The number of rotatable bonds is 2. The zero-order valence-electron chi connectivity index (χ0n) is 11.1. The normalized spacial score (nSPS) is 21.7. The fourth-order valence-electron chi connectivity index (χ4n) is 2.58. The molecule has 1 fully saturated rings. The number of piperidine rings is 1. The van der Waals surface area contributed by atoms with Crippen LogP contribution in [-0.2, 0) is 0 Å². The number of hydrogen-bond acceptors (Lipinski definition) is 2. The van der Waals surface area contributed by atoms with Crippen LogP contribution in [0.15, 0.2) is 24.3 Å². The Kier molecular flexibility index (Phi) is 4.07. The molecule has 1 heterocycles. The van der Waals surface area contributed by atoms with E-state index in [0.29, 0.717) is 5.56 Å². The van der Waals surface area contributed by atoms with Gasteiger partial charge in [-0.2, -0.15) is 13.2 Å². The first-order valence-electron chi connectivity index (χ1n) is 6.52. The first-order valence-corrected chi connectivity index (χ1v) is 6.52. The minimum Gasteiger partial charge on any atom is -0.380 e. The summed E-state index contributed by atoms with van der Waals surface area (Å²) in [5.74, 6) is -0.364. The summed E-state index contributed by atoms with van der Waals surface area (Å²) in [5.41, 5.74) is -2.15. The SMILES string of the molecule is CC(c1ccccc1F)N1CCC(O)(C(F)(F)F)CC1. The van der Waals surface area contributed by atoms with Gasteiger partial charge in [-0.1, -0.05) is 18.2 Å². The van der Waals surface area contributed by atoms with Gasteiger partial charge in [0.25, 0.3) is 0 Å². The smallest absolute Gasteiger partial charge is 0.380 e. The van der Waals surface area contributed by atoms with Gasteiger partial charge in [0, 0.05) is 24.7 Å². The molecule has 0 radical (unpaired) electrons. The third-order valence-electron chi connectivity index (χ3n) is 4.06. The van der Waals surface area contributed by atoms with Crippen molar-refractivity contribution < 1.29 is 22.7 Å². The number of aliphatic hydroxyl groups is 1. The van der Waals surface area contributed by atoms with Crippen molar-refractivity contribution in [3.63, 3.8) is 0 Å². The average molecular weight is 291 g/mol. The Morgan fingerprint density at radius 3 is 2.25 bits per heavy atom. The second-order valence-corrected chi connectivity index (χ2v) is 5.26. The first-order chi connectivity index (χ1) is 9.24. The lowest BCUT2D eigenvalue weighted by Crippen LogP contribution is -2.53. The van der Waals surface area contributed by atoms with Crippen LogP contribution < -0.4 is 0 Å². The average Bonchev–Trinajstić information content (AvgIpc) is 2.38. The summed E-state index contributed by atoms with van der Waals surface area (Å²) in [4.78, 5) is 1.76. The molecular weight excluding hydrogens is 274 g/mol. The number of benzene rings is 1. The molecule has 1 saturated heterocycles. The van der Waals surface area contributed by atoms with Crippen LogP contribution in [0.1, 0.15) is 31.4 Å². The molecule has 20 heavy (non-hydrogen) atoms. The predicted molar refractivity (Wildman–Crippen MR) is 66.6 cm³/mol. The molecule has 0 aromatic heterocycles. The minimum atomic E-state index is -4.61. The van der Waals surface area contributed by atoms with Crippen LogP contribution in [0.4, 0.5) is 17.6 Å². The monoisotopic (exact) mass is 291 g/mol. The molecule has 1 aromatic carbocycles. The number of alkyl halides is 3. The van der Waals surface area contributed by atoms with Crippen LogP contribution >= 0.6 is 0 Å². The molecule has 0 spiro atoms. The van der Waals surface area contributed by atoms with Gasteiger partial charge in [-0.25, -0.2) is 4.39 Å². The third-order valence-corrected chi connectivity index (χ3v) is 4.06. The highest BCUT2D eigenvalue weighted by Crippen LogP contribution is 2.40. The van der Waals surface area contributed by atoms with E-state index in [1.807, 2.05) is 0 Å². The number of likely N-dealkylation sites (tertiary alicyclic amines) is 1. The molecule has 0 aliphatic carbocycles. The van der Waals surface area contributed by atoms with Crippen LogP contribution in [0.5, 0.6) is 0 Å². The third kappa shape index (κ3) is 2.81. The summed E-state index contributed by atoms with van der Waals surface area (Å²) in [6.07, 6.45) is -5.37. The Hall–Kier alpha value is -1.14. The van der Waals surface area contributed by atoms with Crippen molar-refractivity contribution in [3.8, 4) is 0 Å². The van der Waals surface area contributed by atoms with Gasteiger partial charge in [0.05, 0.1) is 0 Å². The summed E-state index contributed by atoms with van der Waals surface area (Å²) in [7, 11) is 0. The van der Waals surface area contributed by atoms with E-state index < -0.39 is 11.8 Å². The van der Waals surface area contributed by atoms with Crippen molar-refractivity contribution in [3.05, 3.63) is 35.6 Å². The lowest BCUT2D eigenvalue weighted by Gasteiger charge is -2.41. The van der Waals surface area contributed by atoms with E-state index in [1.165, 1.54) is 6.07 Å². The Labute approximate surface area is 115 Å². The van der Waals surface area contributed by atoms with E-state index in [1.54, 1.807) is 30.0 Å². The minimum absolute atomic E-state index is 0.0888. The van der Waals surface area contributed by atoms with Crippen LogP contribution in [0.2, 0.25) is 0 Å². The number of hydrogen-bond donors (Lipinski definition) is 1. The van der Waals surface area contributed by atoms with Crippen molar-refractivity contribution in [1.29, 1.82) is 0 Å². The Morgan fingerprint density at radius 2 is 1.75 bits per heavy atom. The highest BCUT2D eigenvalue weighted by Gasteiger charge is 2.54. The van der Waals surface area contributed by atoms with Crippen molar-refractivity contribution in [1.82, 2.24) is 4.90 Å². The van der Waals surface area contributed by atoms with E-state index in [2.05, 4.69) is 0 Å². The van der Waals surface area contributed by atoms with E-state index >= 15 is 0 Å². The van der Waals surface area contributed by atoms with Gasteiger partial charge in [0.2, 0.25) is 0 Å². The van der Waals surface area contributed by atoms with Crippen molar-refractivity contribution >= 4 is 0 Å². The standard InChI is InChI=1S/C14H17F4NO/c1-10(11-4-2-3-5-12(11)15)19-8-6-13(20,7-9-19)14(16,17)18/h2-5,10,20H,6-9H2,1H3. The highest BCUT2D eigenvalue weighted by molar-refractivity contribution is 5.21. The first kappa shape index (κ1) is 15.3. The lowest BCUT2D eigenvalue weighted by molar-refractivity contribution is -0.273. The summed E-state index contributed by atoms with van der Waals surface area (Å²) >= 11 is 0. The quantitative estimate of drug-likeness (QED) is 0.845. The topological polar surface area (TPSA) is 23.5 Å². The molecule has 112 valence electrons. The molecular formula is C14H17F4NO. The molecule has 1 unspecified atom stereocenters. The fraction of sp³-hybridized carbons (Fsp3) is 0.571. The molecule has 6 heteroatoms. The summed E-state index contributed by atoms with van der Waals surface area (Å²) in [6.45, 7) is 1.94. The van der Waals surface area contributed by atoms with E-state index in [9.17, 15) is 22.7 Å². The van der Waals surface area contributed by atoms with Gasteiger partial charge in [0.15, 0.2) is 5.60 Å². The molecule has 0 amide bonds. The Morgan fingerprint density at radius 1 is 1.20 bits per heavy atom. The molecule has 1 atom stereocenters. The maximum absolute atomic E-state index is 13.7. The van der Waals surface area contributed by atoms with Crippen molar-refractivity contribution in [2.75, 3.05) is 13.1 Å². The van der Waals surface area contributed by atoms with E-state index in [0.717, 1.165) is 0 Å². The Balaban J connectivity index is 2.06. The van der Waals surface area contributed by atoms with Crippen molar-refractivity contribution in [2.45, 2.75) is 37.6 Å². The van der Waals surface area contributed by atoms with E-state index in [-0.39, 0.29) is 37.8 Å². The van der Waals surface area contributed by atoms with Gasteiger partial charge >= 0.3 is 6.18 Å². The van der Waals surface area contributed by atoms with Crippen molar-refractivity contribution in [2.24, 2.45) is 0 Å². The largest absolute Gasteiger partial charge is 0.417 e. The molecule has 2 nitrogen and oxygen atoms in total. The molecule has 2 rings (SSSR count). The van der Waals surface area contributed by atoms with Crippen LogP contribution in [0.25, 0.3) is 0 Å². The summed E-state index contributed by atoms with van der Waals surface area (Å²) in [6, 6.07) is 5.93. The van der Waals surface area contributed by atoms with Gasteiger partial charge in [-0.3, -0.25) is 4.90 Å². The van der Waals surface area contributed by atoms with Gasteiger partial charge < -0.3 is 5.11 Å². The van der Waals surface area contributed by atoms with Gasteiger partial charge in [0.1, 0.15) is 5.82 Å². The molecule has 1 aliphatic rings. The predicted octanol–water partition coefficient (Wildman–Crippen LogP) is 3.28. The van der Waals surface area contributed by atoms with Gasteiger partial charge in [-0.05, 0) is 25.8 Å². The lowest BCUT2D eigenvalue weighted by atomic mass is 9.89. The maximum atomic E-state index is 13.7. The van der Waals surface area contributed by atoms with Crippen LogP contribution in [0.3, 0.4) is 0 Å². The van der Waals surface area contributed by atoms with Gasteiger partial charge in [-0.15, -0.1) is 0 Å². The Bertz CT molecular complexity index is 466. The number of halogens is 4. The zero-order valence-corrected chi connectivity index (χ0v) is 11.1. The van der Waals surface area contributed by atoms with Crippen LogP contribution in [0, 0.1) is 5.82 Å². The maximum Gasteiger partial charge on any atom is 0.417 e. The molecule has 1 aliphatic heterocycles. The molecule has 1 N–H and O–H groups in total. The summed E-state index contributed by atoms with van der Waals surface area (Å²) < 4.78 is 51.8. The second kappa shape index (κ2) is 5.33. The molecule has 0 saturated carbocycles. The molecule has 0 bridgehead atoms. The van der Waals surface area contributed by atoms with E-state index in [4.69, 9.17) is 0 Å². The number of nitrogens with zero attached hydrogens (tertiary/aromatic N) is 1. The highest BCUT2D eigenvalue weighted by atomic mass is 19.4. The summed E-state index contributed by atoms with van der Waals surface area (Å²) in [5, 5.41) is 9.61. The van der Waals surface area contributed by atoms with Crippen LogP contribution in [-0.4, -0.2) is 34.9 Å².